The first-order valence-corrected chi connectivity index (χ1v) is 4.37. The predicted molar refractivity (Wildman–Crippen MR) is 49.7 cm³/mol. The van der Waals surface area contributed by atoms with Crippen molar-refractivity contribution in [3.05, 3.63) is 23.2 Å². The molecule has 1 heterocycles. The van der Waals surface area contributed by atoms with Crippen molar-refractivity contribution in [3.63, 3.8) is 0 Å². The Morgan fingerprint density at radius 1 is 1.62 bits per heavy atom. The Hall–Kier alpha value is -1.16. The van der Waals surface area contributed by atoms with Crippen molar-refractivity contribution in [2.24, 2.45) is 0 Å². The summed E-state index contributed by atoms with van der Waals surface area (Å²) >= 11 is 5.57. The lowest BCUT2D eigenvalue weighted by atomic mass is 10.4. The van der Waals surface area contributed by atoms with E-state index in [0.29, 0.717) is 6.54 Å². The van der Waals surface area contributed by atoms with E-state index in [1.807, 2.05) is 6.92 Å². The second kappa shape index (κ2) is 4.77. The van der Waals surface area contributed by atoms with Crippen molar-refractivity contribution in [2.45, 2.75) is 13.3 Å². The molecule has 0 unspecified atom stereocenters. The summed E-state index contributed by atoms with van der Waals surface area (Å²) in [4.78, 5) is 18.9. The van der Waals surface area contributed by atoms with E-state index in [-0.39, 0.29) is 16.8 Å². The molecule has 0 saturated heterocycles. The van der Waals surface area contributed by atoms with E-state index in [4.69, 9.17) is 11.6 Å². The van der Waals surface area contributed by atoms with Crippen molar-refractivity contribution < 1.29 is 4.79 Å². The van der Waals surface area contributed by atoms with Gasteiger partial charge in [0.15, 0.2) is 0 Å². The molecule has 1 aromatic heterocycles. The molecular formula is C8H10ClN3O. The summed E-state index contributed by atoms with van der Waals surface area (Å²) in [5.41, 5.74) is 0.251. The minimum Gasteiger partial charge on any atom is -0.351 e. The standard InChI is InChI=1S/C8H10ClN3O/c1-2-3-11-8(13)6-4-10-5-7(9)12-6/h4-5H,2-3H2,1H3,(H,11,13). The van der Waals surface area contributed by atoms with Gasteiger partial charge in [0, 0.05) is 6.54 Å². The van der Waals surface area contributed by atoms with Gasteiger partial charge in [0.1, 0.15) is 10.8 Å². The number of carbonyl (C=O) groups excluding carboxylic acids is 1. The van der Waals surface area contributed by atoms with Crippen molar-refractivity contribution in [2.75, 3.05) is 6.54 Å². The van der Waals surface area contributed by atoms with Crippen molar-refractivity contribution >= 4 is 17.5 Å². The van der Waals surface area contributed by atoms with Gasteiger partial charge in [-0.05, 0) is 6.42 Å². The summed E-state index contributed by atoms with van der Waals surface area (Å²) in [5, 5.41) is 2.90. The largest absolute Gasteiger partial charge is 0.351 e. The molecule has 0 bridgehead atoms. The Labute approximate surface area is 81.3 Å². The first-order valence-electron chi connectivity index (χ1n) is 3.99. The highest BCUT2D eigenvalue weighted by Gasteiger charge is 2.06. The maximum atomic E-state index is 11.3. The first kappa shape index (κ1) is 9.92. The number of halogens is 1. The van der Waals surface area contributed by atoms with E-state index < -0.39 is 0 Å². The van der Waals surface area contributed by atoms with Gasteiger partial charge in [0.05, 0.1) is 12.4 Å². The highest BCUT2D eigenvalue weighted by atomic mass is 35.5. The van der Waals surface area contributed by atoms with Crippen molar-refractivity contribution in [3.8, 4) is 0 Å². The van der Waals surface area contributed by atoms with Crippen LogP contribution in [0.2, 0.25) is 5.15 Å². The fourth-order valence-electron chi connectivity index (χ4n) is 0.781. The average molecular weight is 200 g/mol. The second-order valence-electron chi connectivity index (χ2n) is 2.48. The molecule has 1 amide bonds. The lowest BCUT2D eigenvalue weighted by Crippen LogP contribution is -2.25. The molecule has 0 aromatic carbocycles. The zero-order valence-electron chi connectivity index (χ0n) is 7.25. The average Bonchev–Trinajstić information content (AvgIpc) is 2.14. The smallest absolute Gasteiger partial charge is 0.271 e. The zero-order valence-corrected chi connectivity index (χ0v) is 8.01. The van der Waals surface area contributed by atoms with E-state index in [1.165, 1.54) is 12.4 Å². The zero-order chi connectivity index (χ0) is 9.68. The van der Waals surface area contributed by atoms with Gasteiger partial charge >= 0.3 is 0 Å². The molecule has 1 N–H and O–H groups in total. The second-order valence-corrected chi connectivity index (χ2v) is 2.87. The molecule has 0 spiro atoms. The van der Waals surface area contributed by atoms with Gasteiger partial charge in [-0.2, -0.15) is 0 Å². The number of amides is 1. The van der Waals surface area contributed by atoms with E-state index in [1.54, 1.807) is 0 Å². The molecule has 5 heteroatoms. The Kier molecular flexibility index (Phi) is 3.64. The molecule has 0 fully saturated rings. The van der Waals surface area contributed by atoms with Gasteiger partial charge in [-0.25, -0.2) is 4.98 Å². The third-order valence-corrected chi connectivity index (χ3v) is 1.56. The van der Waals surface area contributed by atoms with Crippen molar-refractivity contribution in [1.82, 2.24) is 15.3 Å². The van der Waals surface area contributed by atoms with Gasteiger partial charge in [0.25, 0.3) is 5.91 Å². The minimum absolute atomic E-state index is 0.226. The van der Waals surface area contributed by atoms with Crippen LogP contribution in [0.4, 0.5) is 0 Å². The molecule has 0 radical (unpaired) electrons. The highest BCUT2D eigenvalue weighted by Crippen LogP contribution is 2.01. The van der Waals surface area contributed by atoms with Crippen LogP contribution in [0, 0.1) is 0 Å². The number of rotatable bonds is 3. The minimum atomic E-state index is -0.239. The maximum Gasteiger partial charge on any atom is 0.271 e. The van der Waals surface area contributed by atoms with Crippen LogP contribution in [-0.2, 0) is 0 Å². The van der Waals surface area contributed by atoms with Crippen LogP contribution in [0.5, 0.6) is 0 Å². The SMILES string of the molecule is CCCNC(=O)c1cncc(Cl)n1. The Morgan fingerprint density at radius 2 is 2.38 bits per heavy atom. The fourth-order valence-corrected chi connectivity index (χ4v) is 0.928. The third-order valence-electron chi connectivity index (χ3n) is 1.37. The van der Waals surface area contributed by atoms with E-state index >= 15 is 0 Å². The van der Waals surface area contributed by atoms with E-state index in [9.17, 15) is 4.79 Å². The number of nitrogens with one attached hydrogen (secondary N) is 1. The highest BCUT2D eigenvalue weighted by molar-refractivity contribution is 6.29. The van der Waals surface area contributed by atoms with Gasteiger partial charge < -0.3 is 5.32 Å². The molecule has 13 heavy (non-hydrogen) atoms. The Morgan fingerprint density at radius 3 is 3.00 bits per heavy atom. The van der Waals surface area contributed by atoms with Crippen LogP contribution in [0.15, 0.2) is 12.4 Å². The summed E-state index contributed by atoms with van der Waals surface area (Å²) in [5.74, 6) is -0.239. The Balaban J connectivity index is 2.66. The van der Waals surface area contributed by atoms with Crippen LogP contribution in [0.3, 0.4) is 0 Å². The third kappa shape index (κ3) is 2.99. The van der Waals surface area contributed by atoms with Crippen LogP contribution >= 0.6 is 11.6 Å². The van der Waals surface area contributed by atoms with E-state index in [0.717, 1.165) is 6.42 Å². The molecule has 0 aliphatic carbocycles. The number of nitrogens with zero attached hydrogens (tertiary/aromatic N) is 2. The van der Waals surface area contributed by atoms with Gasteiger partial charge in [-0.1, -0.05) is 18.5 Å². The molecule has 1 rings (SSSR count). The summed E-state index contributed by atoms with van der Waals surface area (Å²) in [7, 11) is 0. The lowest BCUT2D eigenvalue weighted by Gasteiger charge is -2.01. The summed E-state index contributed by atoms with van der Waals surface area (Å²) in [6.07, 6.45) is 3.66. The summed E-state index contributed by atoms with van der Waals surface area (Å²) in [6, 6.07) is 0. The number of hydrogen-bond donors (Lipinski definition) is 1. The number of carbonyl (C=O) groups is 1. The van der Waals surface area contributed by atoms with Gasteiger partial charge in [-0.3, -0.25) is 9.78 Å². The lowest BCUT2D eigenvalue weighted by molar-refractivity contribution is 0.0948. The number of hydrogen-bond acceptors (Lipinski definition) is 3. The maximum absolute atomic E-state index is 11.3. The van der Waals surface area contributed by atoms with Crippen LogP contribution in [-0.4, -0.2) is 22.4 Å². The molecule has 70 valence electrons. The molecule has 0 aliphatic rings. The normalized spacial score (nSPS) is 9.69. The molecule has 0 atom stereocenters. The van der Waals surface area contributed by atoms with Crippen LogP contribution < -0.4 is 5.32 Å². The Bertz CT molecular complexity index is 303. The topological polar surface area (TPSA) is 54.9 Å². The predicted octanol–water partition coefficient (Wildman–Crippen LogP) is 1.27. The van der Waals surface area contributed by atoms with Crippen molar-refractivity contribution in [1.29, 1.82) is 0 Å². The quantitative estimate of drug-likeness (QED) is 0.798. The monoisotopic (exact) mass is 199 g/mol. The fraction of sp³-hybridized carbons (Fsp3) is 0.375. The van der Waals surface area contributed by atoms with Gasteiger partial charge in [-0.15, -0.1) is 0 Å². The molecule has 0 aliphatic heterocycles. The molecular weight excluding hydrogens is 190 g/mol. The summed E-state index contributed by atoms with van der Waals surface area (Å²) < 4.78 is 0. The number of aromatic nitrogens is 2. The van der Waals surface area contributed by atoms with Crippen LogP contribution in [0.25, 0.3) is 0 Å². The van der Waals surface area contributed by atoms with Gasteiger partial charge in [0.2, 0.25) is 0 Å². The molecule has 4 nitrogen and oxygen atoms in total. The van der Waals surface area contributed by atoms with E-state index in [2.05, 4.69) is 15.3 Å². The molecule has 1 aromatic rings. The summed E-state index contributed by atoms with van der Waals surface area (Å²) in [6.45, 7) is 2.61. The first-order chi connectivity index (χ1) is 6.24. The molecule has 0 saturated carbocycles. The van der Waals surface area contributed by atoms with Crippen LogP contribution in [0.1, 0.15) is 23.8 Å².